The fraction of sp³-hybridized carbons (Fsp3) is 0.278. The van der Waals surface area contributed by atoms with E-state index in [0.29, 0.717) is 11.6 Å². The Morgan fingerprint density at radius 3 is 2.68 bits per heavy atom. The number of nitrogens with zero attached hydrogens (tertiary/aromatic N) is 5. The van der Waals surface area contributed by atoms with Crippen molar-refractivity contribution in [2.45, 2.75) is 27.2 Å². The third-order valence-corrected chi connectivity index (χ3v) is 3.96. The molecular weight excluding hydrogens is 316 g/mol. The Labute approximate surface area is 146 Å². The molecule has 3 aromatic heterocycles. The minimum Gasteiger partial charge on any atom is -0.359 e. The van der Waals surface area contributed by atoms with E-state index in [1.165, 1.54) is 0 Å². The third-order valence-electron chi connectivity index (χ3n) is 3.96. The molecule has 0 bridgehead atoms. The van der Waals surface area contributed by atoms with Gasteiger partial charge >= 0.3 is 0 Å². The SMILES string of the molecule is CNC(=O)Cc1nc(-c2cnc(C)cc2C)n(-c2ccncc2C)n1. The second-order valence-electron chi connectivity index (χ2n) is 5.92. The molecule has 0 atom stereocenters. The van der Waals surface area contributed by atoms with Crippen LogP contribution in [-0.4, -0.2) is 37.7 Å². The molecule has 0 spiro atoms. The van der Waals surface area contributed by atoms with E-state index in [1.54, 1.807) is 30.3 Å². The average Bonchev–Trinajstić information content (AvgIpc) is 2.98. The van der Waals surface area contributed by atoms with E-state index < -0.39 is 0 Å². The first-order chi connectivity index (χ1) is 12.0. The molecule has 1 amide bonds. The number of likely N-dealkylation sites (N-methyl/N-ethyl adjacent to an activating group) is 1. The number of rotatable bonds is 4. The Balaban J connectivity index is 2.18. The van der Waals surface area contributed by atoms with Crippen LogP contribution in [0.15, 0.2) is 30.7 Å². The summed E-state index contributed by atoms with van der Waals surface area (Å²) in [5.74, 6) is 0.998. The van der Waals surface area contributed by atoms with Crippen molar-refractivity contribution in [1.29, 1.82) is 0 Å². The van der Waals surface area contributed by atoms with Gasteiger partial charge < -0.3 is 5.32 Å². The third kappa shape index (κ3) is 3.40. The Morgan fingerprint density at radius 1 is 1.20 bits per heavy atom. The summed E-state index contributed by atoms with van der Waals surface area (Å²) < 4.78 is 1.76. The summed E-state index contributed by atoms with van der Waals surface area (Å²) in [6, 6.07) is 3.89. The van der Waals surface area contributed by atoms with E-state index in [1.807, 2.05) is 32.9 Å². The van der Waals surface area contributed by atoms with Crippen molar-refractivity contribution in [2.24, 2.45) is 0 Å². The molecule has 7 heteroatoms. The molecule has 128 valence electrons. The lowest BCUT2D eigenvalue weighted by molar-refractivity contribution is -0.120. The van der Waals surface area contributed by atoms with Gasteiger partial charge in [0.25, 0.3) is 0 Å². The van der Waals surface area contributed by atoms with Gasteiger partial charge in [-0.15, -0.1) is 0 Å². The number of carbonyl (C=O) groups excluding carboxylic acids is 1. The van der Waals surface area contributed by atoms with Crippen LogP contribution < -0.4 is 5.32 Å². The fourth-order valence-corrected chi connectivity index (χ4v) is 2.64. The van der Waals surface area contributed by atoms with Gasteiger partial charge in [0.2, 0.25) is 5.91 Å². The standard InChI is InChI=1S/C18H20N6O/c1-11-7-13(3)21-10-14(11)18-22-16(8-17(25)19-4)23-24(18)15-5-6-20-9-12(15)2/h5-7,9-10H,8H2,1-4H3,(H,19,25). The summed E-state index contributed by atoms with van der Waals surface area (Å²) in [5.41, 5.74) is 4.73. The van der Waals surface area contributed by atoms with Gasteiger partial charge in [-0.25, -0.2) is 9.67 Å². The Morgan fingerprint density at radius 2 is 2.00 bits per heavy atom. The highest BCUT2D eigenvalue weighted by atomic mass is 16.1. The van der Waals surface area contributed by atoms with Crippen LogP contribution in [0.1, 0.15) is 22.6 Å². The molecule has 0 radical (unpaired) electrons. The van der Waals surface area contributed by atoms with E-state index >= 15 is 0 Å². The van der Waals surface area contributed by atoms with Gasteiger partial charge in [0.15, 0.2) is 11.6 Å². The van der Waals surface area contributed by atoms with Gasteiger partial charge in [-0.1, -0.05) is 0 Å². The fourth-order valence-electron chi connectivity index (χ4n) is 2.64. The molecular formula is C18H20N6O. The van der Waals surface area contributed by atoms with E-state index in [0.717, 1.165) is 28.1 Å². The predicted molar refractivity (Wildman–Crippen MR) is 94.4 cm³/mol. The topological polar surface area (TPSA) is 85.6 Å². The zero-order chi connectivity index (χ0) is 18.0. The number of carbonyl (C=O) groups is 1. The molecule has 0 aliphatic heterocycles. The van der Waals surface area contributed by atoms with E-state index in [-0.39, 0.29) is 12.3 Å². The van der Waals surface area contributed by atoms with Gasteiger partial charge in [0.05, 0.1) is 12.1 Å². The van der Waals surface area contributed by atoms with Crippen molar-refractivity contribution in [3.8, 4) is 17.1 Å². The lowest BCUT2D eigenvalue weighted by Gasteiger charge is -2.10. The molecule has 0 unspecified atom stereocenters. The van der Waals surface area contributed by atoms with Gasteiger partial charge in [-0.3, -0.25) is 14.8 Å². The van der Waals surface area contributed by atoms with Crippen LogP contribution in [0.2, 0.25) is 0 Å². The molecule has 25 heavy (non-hydrogen) atoms. The maximum atomic E-state index is 11.7. The van der Waals surface area contributed by atoms with Crippen LogP contribution in [0.3, 0.4) is 0 Å². The largest absolute Gasteiger partial charge is 0.359 e. The number of aromatic nitrogens is 5. The normalized spacial score (nSPS) is 10.7. The van der Waals surface area contributed by atoms with Crippen LogP contribution in [0.25, 0.3) is 17.1 Å². The summed E-state index contributed by atoms with van der Waals surface area (Å²) in [6.45, 7) is 5.93. The molecule has 0 aliphatic rings. The predicted octanol–water partition coefficient (Wildman–Crippen LogP) is 1.94. The summed E-state index contributed by atoms with van der Waals surface area (Å²) in [4.78, 5) is 24.9. The molecule has 3 aromatic rings. The monoisotopic (exact) mass is 336 g/mol. The summed E-state index contributed by atoms with van der Waals surface area (Å²) in [6.07, 6.45) is 5.41. The maximum Gasteiger partial charge on any atom is 0.227 e. The molecule has 0 saturated carbocycles. The second-order valence-corrected chi connectivity index (χ2v) is 5.92. The smallest absolute Gasteiger partial charge is 0.227 e. The van der Waals surface area contributed by atoms with Crippen LogP contribution in [0, 0.1) is 20.8 Å². The van der Waals surface area contributed by atoms with Crippen molar-refractivity contribution in [3.05, 3.63) is 53.4 Å². The van der Waals surface area contributed by atoms with Crippen molar-refractivity contribution in [3.63, 3.8) is 0 Å². The van der Waals surface area contributed by atoms with E-state index in [4.69, 9.17) is 0 Å². The van der Waals surface area contributed by atoms with E-state index in [2.05, 4.69) is 25.4 Å². The Hall–Kier alpha value is -3.09. The highest BCUT2D eigenvalue weighted by molar-refractivity contribution is 5.77. The average molecular weight is 336 g/mol. The number of aryl methyl sites for hydroxylation is 3. The van der Waals surface area contributed by atoms with Gasteiger partial charge in [0, 0.05) is 36.9 Å². The molecule has 3 rings (SSSR count). The molecule has 0 aliphatic carbocycles. The number of nitrogens with one attached hydrogen (secondary N) is 1. The minimum absolute atomic E-state index is 0.124. The number of amides is 1. The Kier molecular flexibility index (Phi) is 4.56. The van der Waals surface area contributed by atoms with Crippen molar-refractivity contribution in [1.82, 2.24) is 30.0 Å². The van der Waals surface area contributed by atoms with Gasteiger partial charge in [0.1, 0.15) is 0 Å². The first-order valence-corrected chi connectivity index (χ1v) is 8.00. The van der Waals surface area contributed by atoms with Crippen molar-refractivity contribution < 1.29 is 4.79 Å². The quantitative estimate of drug-likeness (QED) is 0.787. The summed E-state index contributed by atoms with van der Waals surface area (Å²) in [7, 11) is 1.60. The number of pyridine rings is 2. The Bertz CT molecular complexity index is 931. The first-order valence-electron chi connectivity index (χ1n) is 8.00. The van der Waals surface area contributed by atoms with Gasteiger partial charge in [-0.05, 0) is 44.0 Å². The molecule has 3 heterocycles. The molecule has 1 N–H and O–H groups in total. The van der Waals surface area contributed by atoms with Crippen LogP contribution in [-0.2, 0) is 11.2 Å². The van der Waals surface area contributed by atoms with Crippen LogP contribution in [0.4, 0.5) is 0 Å². The minimum atomic E-state index is -0.131. The highest BCUT2D eigenvalue weighted by Gasteiger charge is 2.18. The zero-order valence-corrected chi connectivity index (χ0v) is 14.7. The lowest BCUT2D eigenvalue weighted by Crippen LogP contribution is -2.20. The number of hydrogen-bond acceptors (Lipinski definition) is 5. The molecule has 0 saturated heterocycles. The van der Waals surface area contributed by atoms with Crippen LogP contribution in [0.5, 0.6) is 0 Å². The highest BCUT2D eigenvalue weighted by Crippen LogP contribution is 2.25. The first kappa shape index (κ1) is 16.8. The van der Waals surface area contributed by atoms with Gasteiger partial charge in [-0.2, -0.15) is 5.10 Å². The number of hydrogen-bond donors (Lipinski definition) is 1. The molecule has 0 aromatic carbocycles. The van der Waals surface area contributed by atoms with Crippen LogP contribution >= 0.6 is 0 Å². The second kappa shape index (κ2) is 6.80. The lowest BCUT2D eigenvalue weighted by atomic mass is 10.1. The maximum absolute atomic E-state index is 11.7. The summed E-state index contributed by atoms with van der Waals surface area (Å²) in [5, 5.41) is 7.16. The molecule has 7 nitrogen and oxygen atoms in total. The van der Waals surface area contributed by atoms with E-state index in [9.17, 15) is 4.79 Å². The summed E-state index contributed by atoms with van der Waals surface area (Å²) >= 11 is 0. The zero-order valence-electron chi connectivity index (χ0n) is 14.7. The molecule has 0 fully saturated rings. The van der Waals surface area contributed by atoms with Crippen molar-refractivity contribution >= 4 is 5.91 Å². The van der Waals surface area contributed by atoms with Crippen molar-refractivity contribution in [2.75, 3.05) is 7.05 Å².